The Morgan fingerprint density at radius 1 is 0.365 bits per heavy atom. The van der Waals surface area contributed by atoms with Gasteiger partial charge in [0.15, 0.2) is 0 Å². The first-order valence-electron chi connectivity index (χ1n) is 15.6. The summed E-state index contributed by atoms with van der Waals surface area (Å²) in [5.41, 5.74) is 0. The first-order valence-corrected chi connectivity index (χ1v) is 15.6. The molecule has 0 aliphatic carbocycles. The van der Waals surface area contributed by atoms with Crippen LogP contribution in [0.1, 0.15) is 0 Å². The van der Waals surface area contributed by atoms with Crippen molar-refractivity contribution in [3.63, 3.8) is 0 Å². The first-order chi connectivity index (χ1) is 25.0. The lowest BCUT2D eigenvalue weighted by Crippen LogP contribution is -3.07. The fourth-order valence-electron chi connectivity index (χ4n) is 5.54. The van der Waals surface area contributed by atoms with Crippen LogP contribution in [-0.4, -0.2) is 203 Å². The van der Waals surface area contributed by atoms with Crippen molar-refractivity contribution in [2.75, 3.05) is 56.4 Å². The number of amidine groups is 2. The molecule has 10 heterocycles. The lowest BCUT2D eigenvalue weighted by atomic mass is 10.4. The highest BCUT2D eigenvalue weighted by Crippen LogP contribution is 2.22. The van der Waals surface area contributed by atoms with Gasteiger partial charge in [0.2, 0.25) is 47.7 Å². The van der Waals surface area contributed by atoms with Gasteiger partial charge in [-0.3, -0.25) is 9.80 Å². The minimum atomic E-state index is 0.186. The van der Waals surface area contributed by atoms with Crippen molar-refractivity contribution >= 4 is 107 Å². The Kier molecular flexibility index (Phi) is 5.66. The Morgan fingerprint density at radius 3 is 1.38 bits per heavy atom. The van der Waals surface area contributed by atoms with E-state index in [1.165, 1.54) is 0 Å². The number of nitrogens with zero attached hydrogens (tertiary/aromatic N) is 23. The van der Waals surface area contributed by atoms with Crippen LogP contribution >= 0.6 is 0 Å². The molecule has 3 N–H and O–H groups in total. The maximum absolute atomic E-state index is 4.89. The van der Waals surface area contributed by atoms with Crippen LogP contribution in [0, 0.1) is 0 Å². The number of fused-ring (bicyclic) bond motifs is 4. The highest BCUT2D eigenvalue weighted by molar-refractivity contribution is 6.40. The summed E-state index contributed by atoms with van der Waals surface area (Å²) in [6.45, 7) is 0. The van der Waals surface area contributed by atoms with Gasteiger partial charge in [0, 0.05) is 61.4 Å². The maximum atomic E-state index is 4.89. The predicted molar refractivity (Wildman–Crippen MR) is 192 cm³/mol. The van der Waals surface area contributed by atoms with E-state index >= 15 is 0 Å². The van der Waals surface area contributed by atoms with Gasteiger partial charge in [-0.1, -0.05) is 14.9 Å². The smallest absolute Gasteiger partial charge is 0.347 e. The lowest BCUT2D eigenvalue weighted by Gasteiger charge is -2.33. The Bertz CT molecular complexity index is 2410. The average Bonchev–Trinajstić information content (AvgIpc) is 3.12. The van der Waals surface area contributed by atoms with E-state index in [1.807, 2.05) is 42.3 Å². The number of guanidine groups is 16. The van der Waals surface area contributed by atoms with E-state index < -0.39 is 0 Å². The molecular formula is C26H27N26+3. The molecule has 26 heteroatoms. The second-order valence-electron chi connectivity index (χ2n) is 12.5. The summed E-state index contributed by atoms with van der Waals surface area (Å²) in [5.74, 6) is 5.21. The zero-order chi connectivity index (χ0) is 35.7. The van der Waals surface area contributed by atoms with Gasteiger partial charge in [-0.2, -0.15) is 59.9 Å². The van der Waals surface area contributed by atoms with Gasteiger partial charge < -0.3 is 14.7 Å². The van der Waals surface area contributed by atoms with Crippen LogP contribution in [0.15, 0.2) is 74.9 Å². The SMILES string of the molecule is CN(C)C1=NC2=NC3=NC4=NC(=NC(=N1)N24)N(C)C1=NC2=NC(=[NH+]C4=NC(N(C)C)=NC(=N1)N24)C1=[NH+]C2=NC(=NC4=NC(N(C)C)=NC(=[NH+]1)N42)N3C. The van der Waals surface area contributed by atoms with E-state index in [4.69, 9.17) is 64.9 Å². The molecular weight excluding hydrogens is 676 g/mol. The van der Waals surface area contributed by atoms with Gasteiger partial charge in [0.25, 0.3) is 11.9 Å². The van der Waals surface area contributed by atoms with Gasteiger partial charge in [-0.05, 0) is 0 Å². The lowest BCUT2D eigenvalue weighted by molar-refractivity contribution is -0.458. The monoisotopic (exact) mass is 703 g/mol. The van der Waals surface area contributed by atoms with Gasteiger partial charge in [-0.15, -0.1) is 14.9 Å². The molecule has 0 aromatic heterocycles. The third-order valence-corrected chi connectivity index (χ3v) is 8.21. The fraction of sp³-hybridized carbons (Fsp3) is 0.308. The summed E-state index contributed by atoms with van der Waals surface area (Å²) in [5, 5.41) is 0. The summed E-state index contributed by atoms with van der Waals surface area (Å²) in [4.78, 5) is 94.8. The normalized spacial score (nSPS) is 23.0. The first kappa shape index (κ1) is 29.4. The molecule has 0 saturated heterocycles. The molecule has 52 heavy (non-hydrogen) atoms. The van der Waals surface area contributed by atoms with Crippen LogP contribution in [0.3, 0.4) is 0 Å². The molecule has 26 nitrogen and oxygen atoms in total. The molecule has 0 fully saturated rings. The Hall–Kier alpha value is -7.54. The van der Waals surface area contributed by atoms with Gasteiger partial charge >= 0.3 is 47.4 Å². The average molecular weight is 704 g/mol. The molecule has 0 aromatic carbocycles. The van der Waals surface area contributed by atoms with Gasteiger partial charge in [0.1, 0.15) is 0 Å². The summed E-state index contributed by atoms with van der Waals surface area (Å²) >= 11 is 0. The standard InChI is InChI=1S/C26H24N26/c1-45(2)11-31-18-27-9-10-28-19-32-12(46(3)4)34-23-40-15(38-21(30-10)51(19)23)49(8)17-42-25-36-13(47(5)6)35-24-41-16(43-26(44-17)52(24)25)48(7)14-37-20(29-9)50(18)22(33-11)39-14/h1-8H3/p+3. The molecule has 9 bridgehead atoms. The second kappa shape index (κ2) is 10.0. The van der Waals surface area contributed by atoms with Crippen molar-refractivity contribution in [1.29, 1.82) is 0 Å². The van der Waals surface area contributed by atoms with Crippen LogP contribution < -0.4 is 15.0 Å². The van der Waals surface area contributed by atoms with Crippen molar-refractivity contribution in [3.05, 3.63) is 0 Å². The highest BCUT2D eigenvalue weighted by atomic mass is 15.6. The van der Waals surface area contributed by atoms with Crippen molar-refractivity contribution in [3.8, 4) is 0 Å². The molecule has 10 aliphatic rings. The molecule has 0 aromatic rings. The summed E-state index contributed by atoms with van der Waals surface area (Å²) in [7, 11) is 14.5. The van der Waals surface area contributed by atoms with Gasteiger partial charge in [0.05, 0.1) is 0 Å². The zero-order valence-electron chi connectivity index (χ0n) is 28.8. The number of hydrogen-bond acceptors (Lipinski definition) is 23. The van der Waals surface area contributed by atoms with Crippen molar-refractivity contribution in [1.82, 2.24) is 39.2 Å². The quantitative estimate of drug-likeness (QED) is 0.218. The van der Waals surface area contributed by atoms with Crippen molar-refractivity contribution in [2.24, 2.45) is 74.9 Å². The van der Waals surface area contributed by atoms with Crippen LogP contribution in [0.4, 0.5) is 0 Å². The second-order valence-corrected chi connectivity index (χ2v) is 12.5. The van der Waals surface area contributed by atoms with E-state index in [0.717, 1.165) is 0 Å². The molecule has 0 saturated carbocycles. The van der Waals surface area contributed by atoms with Crippen LogP contribution in [-0.2, 0) is 0 Å². The van der Waals surface area contributed by atoms with Crippen LogP contribution in [0.5, 0.6) is 0 Å². The van der Waals surface area contributed by atoms with E-state index in [9.17, 15) is 0 Å². The summed E-state index contributed by atoms with van der Waals surface area (Å²) in [6, 6.07) is 0. The van der Waals surface area contributed by atoms with Gasteiger partial charge in [-0.25, -0.2) is 9.89 Å². The van der Waals surface area contributed by atoms with E-state index in [-0.39, 0.29) is 53.6 Å². The Balaban J connectivity index is 1.25. The Labute approximate surface area is 292 Å². The number of aliphatic imine (C=N–C) groups is 15. The molecule has 0 unspecified atom stereocenters. The predicted octanol–water partition coefficient (Wildman–Crippen LogP) is -8.69. The summed E-state index contributed by atoms with van der Waals surface area (Å²) in [6.07, 6.45) is 0. The maximum Gasteiger partial charge on any atom is 0.508 e. The van der Waals surface area contributed by atoms with Crippen molar-refractivity contribution < 1.29 is 15.0 Å². The molecule has 10 aliphatic heterocycles. The van der Waals surface area contributed by atoms with E-state index in [0.29, 0.717) is 53.4 Å². The third-order valence-electron chi connectivity index (χ3n) is 8.21. The van der Waals surface area contributed by atoms with E-state index in [2.05, 4.69) is 25.0 Å². The molecule has 0 atom stereocenters. The van der Waals surface area contributed by atoms with E-state index in [1.54, 1.807) is 53.3 Å². The molecule has 0 radical (unpaired) electrons. The fourth-order valence-corrected chi connectivity index (χ4v) is 5.54. The van der Waals surface area contributed by atoms with Crippen molar-refractivity contribution in [2.45, 2.75) is 0 Å². The number of rotatable bonds is 0. The largest absolute Gasteiger partial charge is 0.508 e. The molecule has 0 spiro atoms. The third kappa shape index (κ3) is 4.16. The minimum absolute atomic E-state index is 0.186. The van der Waals surface area contributed by atoms with Crippen LogP contribution in [0.2, 0.25) is 0 Å². The molecule has 10 rings (SSSR count). The summed E-state index contributed by atoms with van der Waals surface area (Å²) < 4.78 is 0. The molecule has 258 valence electrons. The Morgan fingerprint density at radius 2 is 0.788 bits per heavy atom. The zero-order valence-corrected chi connectivity index (χ0v) is 28.8. The number of hydrogen-bond donors (Lipinski definition) is 3. The minimum Gasteiger partial charge on any atom is -0.347 e. The molecule has 0 amide bonds. The topological polar surface area (TPSA) is 253 Å². The van der Waals surface area contributed by atoms with Crippen LogP contribution in [0.25, 0.3) is 0 Å². The highest BCUT2D eigenvalue weighted by Gasteiger charge is 2.52. The number of nitrogens with one attached hydrogen (secondary N) is 3.